The van der Waals surface area contributed by atoms with Crippen LogP contribution in [0.4, 0.5) is 8.78 Å². The van der Waals surface area contributed by atoms with Crippen molar-refractivity contribution in [2.45, 2.75) is 24.0 Å². The minimum atomic E-state index is -2.86. The first-order chi connectivity index (χ1) is 11.0. The second-order valence-electron chi connectivity index (χ2n) is 4.64. The van der Waals surface area contributed by atoms with Crippen molar-refractivity contribution in [2.75, 3.05) is 14.2 Å². The molecule has 2 unspecified atom stereocenters. The second-order valence-corrected chi connectivity index (χ2v) is 6.29. The van der Waals surface area contributed by atoms with Gasteiger partial charge >= 0.3 is 6.61 Å². The lowest BCUT2D eigenvalue weighted by molar-refractivity contribution is -0.0924. The minimum absolute atomic E-state index is 0.0883. The zero-order valence-corrected chi connectivity index (χ0v) is 13.5. The Labute approximate surface area is 135 Å². The minimum Gasteiger partial charge on any atom is -0.493 e. The number of allylic oxidation sites excluding steroid dienone is 2. The zero-order chi connectivity index (χ0) is 16.8. The smallest absolute Gasteiger partial charge is 0.387 e. The summed E-state index contributed by atoms with van der Waals surface area (Å²) in [6.45, 7) is -2.86. The maximum Gasteiger partial charge on any atom is 0.387 e. The standard InChI is InChI=1S/C15H17F2NO4S/c1-20-13-7-8-18-12(14(13)21-2)9-23(19)11-5-3-10(4-6-11)22-15(16)17/h3-5,7-8,11,15H,6,9H2,1-2H3. The first-order valence-corrected chi connectivity index (χ1v) is 8.19. The summed E-state index contributed by atoms with van der Waals surface area (Å²) in [5.74, 6) is 1.22. The van der Waals surface area contributed by atoms with Crippen LogP contribution in [-0.4, -0.2) is 35.3 Å². The van der Waals surface area contributed by atoms with E-state index in [-0.39, 0.29) is 16.8 Å². The Balaban J connectivity index is 2.04. The molecule has 0 saturated carbocycles. The van der Waals surface area contributed by atoms with E-state index in [4.69, 9.17) is 9.47 Å². The molecule has 0 fully saturated rings. The van der Waals surface area contributed by atoms with Crippen LogP contribution in [0.5, 0.6) is 11.5 Å². The van der Waals surface area contributed by atoms with E-state index in [1.807, 2.05) is 0 Å². The van der Waals surface area contributed by atoms with Crippen LogP contribution in [0.15, 0.2) is 36.3 Å². The summed E-state index contributed by atoms with van der Waals surface area (Å²) in [7, 11) is 1.72. The van der Waals surface area contributed by atoms with Crippen LogP contribution in [-0.2, 0) is 21.3 Å². The average Bonchev–Trinajstić information content (AvgIpc) is 2.54. The summed E-state index contributed by atoms with van der Waals surface area (Å²) < 4.78 is 51.5. The molecule has 1 heterocycles. The predicted octanol–water partition coefficient (Wildman–Crippen LogP) is 2.80. The van der Waals surface area contributed by atoms with E-state index in [1.165, 1.54) is 26.4 Å². The van der Waals surface area contributed by atoms with Gasteiger partial charge < -0.3 is 14.2 Å². The zero-order valence-electron chi connectivity index (χ0n) is 12.7. The highest BCUT2D eigenvalue weighted by Crippen LogP contribution is 2.30. The Morgan fingerprint density at radius 3 is 2.74 bits per heavy atom. The van der Waals surface area contributed by atoms with Gasteiger partial charge in [-0.2, -0.15) is 8.78 Å². The maximum absolute atomic E-state index is 12.5. The van der Waals surface area contributed by atoms with Gasteiger partial charge in [0.05, 0.1) is 30.9 Å². The van der Waals surface area contributed by atoms with Crippen molar-refractivity contribution in [1.29, 1.82) is 0 Å². The third-order valence-electron chi connectivity index (χ3n) is 3.23. The summed E-state index contributed by atoms with van der Waals surface area (Å²) in [4.78, 5) is 4.19. The summed E-state index contributed by atoms with van der Waals surface area (Å²) >= 11 is 0. The number of pyridine rings is 1. The number of aromatic nitrogens is 1. The molecule has 0 aliphatic heterocycles. The van der Waals surface area contributed by atoms with Crippen LogP contribution in [0.25, 0.3) is 0 Å². The molecule has 0 aromatic carbocycles. The van der Waals surface area contributed by atoms with Gasteiger partial charge in [-0.3, -0.25) is 9.19 Å². The number of nitrogens with zero attached hydrogens (tertiary/aromatic N) is 1. The molecule has 0 radical (unpaired) electrons. The Bertz CT molecular complexity index is 634. The number of alkyl halides is 2. The fraction of sp³-hybridized carbons (Fsp3) is 0.400. The number of rotatable bonds is 7. The molecule has 0 bridgehead atoms. The van der Waals surface area contributed by atoms with E-state index < -0.39 is 17.4 Å². The van der Waals surface area contributed by atoms with Crippen molar-refractivity contribution >= 4 is 10.8 Å². The highest BCUT2D eigenvalue weighted by molar-refractivity contribution is 7.85. The summed E-state index contributed by atoms with van der Waals surface area (Å²) in [6.07, 6.45) is 6.44. The Morgan fingerprint density at radius 2 is 2.17 bits per heavy atom. The highest BCUT2D eigenvalue weighted by Gasteiger charge is 2.21. The van der Waals surface area contributed by atoms with Crippen molar-refractivity contribution in [3.05, 3.63) is 41.9 Å². The highest BCUT2D eigenvalue weighted by atomic mass is 32.2. The van der Waals surface area contributed by atoms with Gasteiger partial charge in [0.2, 0.25) is 0 Å². The van der Waals surface area contributed by atoms with Gasteiger partial charge in [-0.25, -0.2) is 0 Å². The number of hydrogen-bond donors (Lipinski definition) is 0. The van der Waals surface area contributed by atoms with Crippen molar-refractivity contribution < 1.29 is 27.2 Å². The lowest BCUT2D eigenvalue weighted by atomic mass is 10.2. The number of methoxy groups -OCH3 is 2. The number of halogens is 2. The lowest BCUT2D eigenvalue weighted by Crippen LogP contribution is -2.17. The van der Waals surface area contributed by atoms with Crippen molar-refractivity contribution in [2.24, 2.45) is 0 Å². The number of hydrogen-bond acceptors (Lipinski definition) is 5. The normalized spacial score (nSPS) is 18.5. The molecule has 0 amide bonds. The SMILES string of the molecule is COc1ccnc(CS(=O)C2C=CC(OC(F)F)=CC2)c1OC. The maximum atomic E-state index is 12.5. The molecule has 5 nitrogen and oxygen atoms in total. The van der Waals surface area contributed by atoms with Gasteiger partial charge in [-0.15, -0.1) is 0 Å². The second kappa shape index (κ2) is 8.05. The summed E-state index contributed by atoms with van der Waals surface area (Å²) in [5, 5.41) is -0.294. The Hall–Kier alpha value is -1.96. The monoisotopic (exact) mass is 345 g/mol. The van der Waals surface area contributed by atoms with Crippen LogP contribution in [0, 0.1) is 0 Å². The van der Waals surface area contributed by atoms with E-state index in [0.717, 1.165) is 0 Å². The first kappa shape index (κ1) is 17.4. The van der Waals surface area contributed by atoms with E-state index in [9.17, 15) is 13.0 Å². The third-order valence-corrected chi connectivity index (χ3v) is 4.82. The van der Waals surface area contributed by atoms with Gasteiger partial charge in [-0.1, -0.05) is 6.08 Å². The van der Waals surface area contributed by atoms with E-state index in [1.54, 1.807) is 18.3 Å². The molecule has 0 spiro atoms. The Morgan fingerprint density at radius 1 is 1.39 bits per heavy atom. The average molecular weight is 345 g/mol. The third kappa shape index (κ3) is 4.51. The van der Waals surface area contributed by atoms with Crippen LogP contribution in [0.3, 0.4) is 0 Å². The fourth-order valence-electron chi connectivity index (χ4n) is 2.16. The molecule has 2 atom stereocenters. The molecule has 126 valence electrons. The molecule has 1 aliphatic rings. The van der Waals surface area contributed by atoms with Gasteiger partial charge in [0.25, 0.3) is 0 Å². The van der Waals surface area contributed by atoms with Gasteiger partial charge in [0.1, 0.15) is 5.76 Å². The molecule has 8 heteroatoms. The quantitative estimate of drug-likeness (QED) is 0.761. The lowest BCUT2D eigenvalue weighted by Gasteiger charge is -2.17. The molecule has 2 rings (SSSR count). The number of ether oxygens (including phenoxy) is 3. The first-order valence-electron chi connectivity index (χ1n) is 6.81. The molecule has 1 aromatic heterocycles. The van der Waals surface area contributed by atoms with Crippen molar-refractivity contribution in [3.8, 4) is 11.5 Å². The van der Waals surface area contributed by atoms with E-state index in [0.29, 0.717) is 23.6 Å². The van der Waals surface area contributed by atoms with Crippen LogP contribution in [0.2, 0.25) is 0 Å². The van der Waals surface area contributed by atoms with Crippen molar-refractivity contribution in [3.63, 3.8) is 0 Å². The van der Waals surface area contributed by atoms with Gasteiger partial charge in [-0.05, 0) is 18.6 Å². The fourth-order valence-corrected chi connectivity index (χ4v) is 3.42. The van der Waals surface area contributed by atoms with E-state index in [2.05, 4.69) is 9.72 Å². The van der Waals surface area contributed by atoms with Gasteiger partial charge in [0, 0.05) is 23.1 Å². The largest absolute Gasteiger partial charge is 0.493 e. The summed E-state index contributed by atoms with van der Waals surface area (Å²) in [6, 6.07) is 1.66. The van der Waals surface area contributed by atoms with Crippen LogP contribution < -0.4 is 9.47 Å². The Kier molecular flexibility index (Phi) is 6.09. The predicted molar refractivity (Wildman–Crippen MR) is 81.9 cm³/mol. The van der Waals surface area contributed by atoms with Gasteiger partial charge in [0.15, 0.2) is 11.5 Å². The molecule has 0 N–H and O–H groups in total. The molecule has 23 heavy (non-hydrogen) atoms. The topological polar surface area (TPSA) is 57.7 Å². The van der Waals surface area contributed by atoms with Crippen LogP contribution in [0.1, 0.15) is 12.1 Å². The summed E-state index contributed by atoms with van der Waals surface area (Å²) in [5.41, 5.74) is 0.525. The molecule has 1 aliphatic carbocycles. The van der Waals surface area contributed by atoms with Crippen LogP contribution >= 0.6 is 0 Å². The molecular formula is C15H17F2NO4S. The van der Waals surface area contributed by atoms with Crippen molar-refractivity contribution in [1.82, 2.24) is 4.98 Å². The molecular weight excluding hydrogens is 328 g/mol. The molecule has 1 aromatic rings. The van der Waals surface area contributed by atoms with E-state index >= 15 is 0 Å². The molecule has 0 saturated heterocycles.